The molecule has 1 aliphatic rings. The lowest BCUT2D eigenvalue weighted by Crippen LogP contribution is -2.38. The van der Waals surface area contributed by atoms with Crippen LogP contribution in [0.15, 0.2) is 6.33 Å². The highest BCUT2D eigenvalue weighted by molar-refractivity contribution is 5.14. The maximum absolute atomic E-state index is 4.39. The van der Waals surface area contributed by atoms with Crippen molar-refractivity contribution in [3.05, 3.63) is 12.2 Å². The van der Waals surface area contributed by atoms with Crippen LogP contribution in [0.2, 0.25) is 0 Å². The maximum atomic E-state index is 4.39. The fraction of sp³-hybridized carbons (Fsp3) is 0.833. The Morgan fingerprint density at radius 3 is 2.62 bits per heavy atom. The normalized spacial score (nSPS) is 25.9. The fourth-order valence-corrected chi connectivity index (χ4v) is 2.63. The monoisotopic (exact) mass is 222 g/mol. The average molecular weight is 222 g/mol. The summed E-state index contributed by atoms with van der Waals surface area (Å²) in [5.74, 6) is 1.74. The Bertz CT molecular complexity index is 348. The van der Waals surface area contributed by atoms with Gasteiger partial charge in [-0.1, -0.05) is 13.8 Å². The summed E-state index contributed by atoms with van der Waals surface area (Å²) in [5.41, 5.74) is 0.167. The largest absolute Gasteiger partial charge is 0.316 e. The smallest absolute Gasteiger partial charge is 0.140 e. The number of hydrogen-bond acceptors (Lipinski definition) is 3. The van der Waals surface area contributed by atoms with Gasteiger partial charge in [0.05, 0.1) is 0 Å². The topological polar surface area (TPSA) is 42.7 Å². The highest BCUT2D eigenvalue weighted by Gasteiger charge is 2.42. The van der Waals surface area contributed by atoms with Gasteiger partial charge in [-0.25, -0.2) is 0 Å². The summed E-state index contributed by atoms with van der Waals surface area (Å²) >= 11 is 0. The molecule has 0 saturated carbocycles. The Hall–Kier alpha value is -0.900. The molecule has 1 unspecified atom stereocenters. The molecule has 0 bridgehead atoms. The van der Waals surface area contributed by atoms with Gasteiger partial charge in [0.1, 0.15) is 12.2 Å². The van der Waals surface area contributed by atoms with E-state index < -0.39 is 0 Å². The minimum atomic E-state index is 0.167. The molecule has 90 valence electrons. The number of nitrogens with zero attached hydrogens (tertiary/aromatic N) is 3. The van der Waals surface area contributed by atoms with Crippen molar-refractivity contribution < 1.29 is 0 Å². The van der Waals surface area contributed by atoms with Gasteiger partial charge in [-0.15, -0.1) is 10.2 Å². The first-order chi connectivity index (χ1) is 7.58. The van der Waals surface area contributed by atoms with Crippen molar-refractivity contribution in [1.29, 1.82) is 0 Å². The number of nitrogens with one attached hydrogen (secondary N) is 1. The first-order valence-corrected chi connectivity index (χ1v) is 6.18. The Kier molecular flexibility index (Phi) is 3.02. The molecule has 2 heterocycles. The van der Waals surface area contributed by atoms with E-state index in [1.54, 1.807) is 0 Å². The lowest BCUT2D eigenvalue weighted by Gasteiger charge is -2.32. The average Bonchev–Trinajstić information content (AvgIpc) is 2.87. The fourth-order valence-electron chi connectivity index (χ4n) is 2.63. The van der Waals surface area contributed by atoms with Gasteiger partial charge in [0, 0.05) is 18.0 Å². The van der Waals surface area contributed by atoms with Crippen molar-refractivity contribution in [2.45, 2.75) is 45.6 Å². The molecule has 1 saturated heterocycles. The highest BCUT2D eigenvalue weighted by Crippen LogP contribution is 2.37. The molecular weight excluding hydrogens is 200 g/mol. The van der Waals surface area contributed by atoms with Crippen LogP contribution in [0, 0.1) is 5.92 Å². The molecular formula is C12H22N4. The van der Waals surface area contributed by atoms with Gasteiger partial charge in [0.2, 0.25) is 0 Å². The van der Waals surface area contributed by atoms with Gasteiger partial charge in [-0.2, -0.15) is 0 Å². The van der Waals surface area contributed by atoms with E-state index in [1.165, 1.54) is 0 Å². The summed E-state index contributed by atoms with van der Waals surface area (Å²) in [6.07, 6.45) is 3.03. The van der Waals surface area contributed by atoms with Crippen molar-refractivity contribution in [1.82, 2.24) is 20.1 Å². The molecule has 0 amide bonds. The van der Waals surface area contributed by atoms with E-state index in [9.17, 15) is 0 Å². The summed E-state index contributed by atoms with van der Waals surface area (Å²) in [6, 6.07) is 0.432. The summed E-state index contributed by atoms with van der Waals surface area (Å²) in [5, 5.41) is 12.0. The van der Waals surface area contributed by atoms with Crippen LogP contribution in [-0.4, -0.2) is 27.9 Å². The third-order valence-corrected chi connectivity index (χ3v) is 3.87. The molecule has 1 fully saturated rings. The molecule has 0 spiro atoms. The van der Waals surface area contributed by atoms with Crippen molar-refractivity contribution in [3.8, 4) is 0 Å². The van der Waals surface area contributed by atoms with Crippen LogP contribution in [0.4, 0.5) is 0 Å². The second kappa shape index (κ2) is 4.17. The van der Waals surface area contributed by atoms with E-state index in [1.807, 2.05) is 6.33 Å². The minimum absolute atomic E-state index is 0.167. The molecule has 1 aliphatic heterocycles. The molecule has 1 aromatic rings. The minimum Gasteiger partial charge on any atom is -0.316 e. The second-order valence-electron chi connectivity index (χ2n) is 5.39. The van der Waals surface area contributed by atoms with Gasteiger partial charge in [-0.3, -0.25) is 0 Å². The molecule has 4 heteroatoms. The SMILES string of the molecule is CC(C)n1cnnc1C1(C(C)C)CCNC1. The second-order valence-corrected chi connectivity index (χ2v) is 5.39. The van der Waals surface area contributed by atoms with E-state index in [0.717, 1.165) is 25.3 Å². The third-order valence-electron chi connectivity index (χ3n) is 3.87. The first kappa shape index (κ1) is 11.6. The molecule has 0 radical (unpaired) electrons. The third kappa shape index (κ3) is 1.65. The Morgan fingerprint density at radius 2 is 2.12 bits per heavy atom. The van der Waals surface area contributed by atoms with Crippen molar-refractivity contribution >= 4 is 0 Å². The lowest BCUT2D eigenvalue weighted by molar-refractivity contribution is 0.299. The molecule has 1 N–H and O–H groups in total. The van der Waals surface area contributed by atoms with E-state index in [2.05, 4.69) is 47.8 Å². The molecule has 0 aliphatic carbocycles. The summed E-state index contributed by atoms with van der Waals surface area (Å²) in [6.45, 7) is 11.0. The van der Waals surface area contributed by atoms with E-state index in [-0.39, 0.29) is 5.41 Å². The molecule has 1 atom stereocenters. The van der Waals surface area contributed by atoms with E-state index in [0.29, 0.717) is 12.0 Å². The standard InChI is InChI=1S/C12H22N4/c1-9(2)12(5-6-13-7-12)11-15-14-8-16(11)10(3)4/h8-10,13H,5-7H2,1-4H3. The first-order valence-electron chi connectivity index (χ1n) is 6.18. The Morgan fingerprint density at radius 1 is 1.38 bits per heavy atom. The van der Waals surface area contributed by atoms with Crippen molar-refractivity contribution in [2.24, 2.45) is 5.92 Å². The maximum Gasteiger partial charge on any atom is 0.140 e. The van der Waals surface area contributed by atoms with Crippen LogP contribution >= 0.6 is 0 Å². The quantitative estimate of drug-likeness (QED) is 0.847. The van der Waals surface area contributed by atoms with Gasteiger partial charge in [0.15, 0.2) is 0 Å². The summed E-state index contributed by atoms with van der Waals surface area (Å²) < 4.78 is 2.22. The van der Waals surface area contributed by atoms with Crippen LogP contribution in [0.5, 0.6) is 0 Å². The van der Waals surface area contributed by atoms with E-state index >= 15 is 0 Å². The summed E-state index contributed by atoms with van der Waals surface area (Å²) in [7, 11) is 0. The highest BCUT2D eigenvalue weighted by atomic mass is 15.3. The number of hydrogen-bond donors (Lipinski definition) is 1. The lowest BCUT2D eigenvalue weighted by atomic mass is 9.75. The van der Waals surface area contributed by atoms with Gasteiger partial charge < -0.3 is 9.88 Å². The molecule has 4 nitrogen and oxygen atoms in total. The van der Waals surface area contributed by atoms with Crippen LogP contribution in [0.25, 0.3) is 0 Å². The molecule has 2 rings (SSSR count). The number of aromatic nitrogens is 3. The van der Waals surface area contributed by atoms with Gasteiger partial charge in [0.25, 0.3) is 0 Å². The Balaban J connectivity index is 2.43. The predicted octanol–water partition coefficient (Wildman–Crippen LogP) is 1.75. The van der Waals surface area contributed by atoms with Crippen molar-refractivity contribution in [3.63, 3.8) is 0 Å². The van der Waals surface area contributed by atoms with Crippen LogP contribution in [-0.2, 0) is 5.41 Å². The van der Waals surface area contributed by atoms with Gasteiger partial charge >= 0.3 is 0 Å². The molecule has 1 aromatic heterocycles. The zero-order chi connectivity index (χ0) is 11.8. The van der Waals surface area contributed by atoms with Crippen LogP contribution in [0.1, 0.15) is 46.0 Å². The van der Waals surface area contributed by atoms with Crippen LogP contribution in [0.3, 0.4) is 0 Å². The number of rotatable bonds is 3. The predicted molar refractivity (Wildman–Crippen MR) is 64.4 cm³/mol. The molecule has 0 aromatic carbocycles. The zero-order valence-corrected chi connectivity index (χ0v) is 10.7. The zero-order valence-electron chi connectivity index (χ0n) is 10.7. The van der Waals surface area contributed by atoms with Gasteiger partial charge in [-0.05, 0) is 32.7 Å². The summed E-state index contributed by atoms with van der Waals surface area (Å²) in [4.78, 5) is 0. The van der Waals surface area contributed by atoms with E-state index in [4.69, 9.17) is 0 Å². The molecule has 16 heavy (non-hydrogen) atoms. The Labute approximate surface area is 97.5 Å². The van der Waals surface area contributed by atoms with Crippen molar-refractivity contribution in [2.75, 3.05) is 13.1 Å². The van der Waals surface area contributed by atoms with Crippen LogP contribution < -0.4 is 5.32 Å².